The van der Waals surface area contributed by atoms with Crippen LogP contribution in [0.1, 0.15) is 30.5 Å². The minimum Gasteiger partial charge on any atom is -0.337 e. The van der Waals surface area contributed by atoms with Crippen molar-refractivity contribution in [2.75, 3.05) is 21.7 Å². The van der Waals surface area contributed by atoms with E-state index in [-0.39, 0.29) is 17.7 Å². The van der Waals surface area contributed by atoms with Crippen LogP contribution in [-0.4, -0.2) is 24.3 Å². The summed E-state index contributed by atoms with van der Waals surface area (Å²) in [6.07, 6.45) is 0. The SMILES string of the molecule is CCN(C1=C(c2ccc(NC(C)=O)cc2)C(=O)N(c2ccc(C)c(C)c2)C1=O)c1ccccc1. The largest absolute Gasteiger partial charge is 0.337 e. The van der Waals surface area contributed by atoms with Crippen molar-refractivity contribution in [2.45, 2.75) is 27.7 Å². The van der Waals surface area contributed by atoms with Gasteiger partial charge in [0, 0.05) is 24.8 Å². The second-order valence-electron chi connectivity index (χ2n) is 8.28. The molecular weight excluding hydrogens is 426 g/mol. The molecule has 0 fully saturated rings. The Morgan fingerprint density at radius 2 is 1.56 bits per heavy atom. The molecule has 1 aliphatic heterocycles. The van der Waals surface area contributed by atoms with Crippen LogP contribution in [0, 0.1) is 13.8 Å². The number of benzene rings is 3. The Morgan fingerprint density at radius 3 is 2.15 bits per heavy atom. The highest BCUT2D eigenvalue weighted by atomic mass is 16.2. The molecule has 0 spiro atoms. The average molecular weight is 454 g/mol. The van der Waals surface area contributed by atoms with Gasteiger partial charge in [0.25, 0.3) is 11.8 Å². The van der Waals surface area contributed by atoms with E-state index in [1.54, 1.807) is 30.3 Å². The van der Waals surface area contributed by atoms with Crippen molar-refractivity contribution in [1.82, 2.24) is 0 Å². The van der Waals surface area contributed by atoms with Crippen molar-refractivity contribution < 1.29 is 14.4 Å². The molecule has 0 saturated heterocycles. The number of hydrogen-bond acceptors (Lipinski definition) is 4. The molecule has 1 aliphatic rings. The Labute approximate surface area is 199 Å². The zero-order chi connectivity index (χ0) is 24.4. The highest BCUT2D eigenvalue weighted by Gasteiger charge is 2.42. The Morgan fingerprint density at radius 1 is 0.882 bits per heavy atom. The lowest BCUT2D eigenvalue weighted by Gasteiger charge is -2.25. The van der Waals surface area contributed by atoms with Gasteiger partial charge in [-0.3, -0.25) is 14.4 Å². The van der Waals surface area contributed by atoms with Gasteiger partial charge >= 0.3 is 0 Å². The third-order valence-corrected chi connectivity index (χ3v) is 5.96. The zero-order valence-corrected chi connectivity index (χ0v) is 19.8. The zero-order valence-electron chi connectivity index (χ0n) is 19.8. The van der Waals surface area contributed by atoms with Crippen molar-refractivity contribution in [3.63, 3.8) is 0 Å². The number of nitrogens with one attached hydrogen (secondary N) is 1. The summed E-state index contributed by atoms with van der Waals surface area (Å²) < 4.78 is 0. The average Bonchev–Trinajstić information content (AvgIpc) is 3.07. The molecule has 6 heteroatoms. The third-order valence-electron chi connectivity index (χ3n) is 5.96. The molecule has 0 atom stereocenters. The van der Waals surface area contributed by atoms with Crippen molar-refractivity contribution in [3.8, 4) is 0 Å². The molecule has 3 aromatic carbocycles. The second kappa shape index (κ2) is 9.35. The summed E-state index contributed by atoms with van der Waals surface area (Å²) in [4.78, 5) is 42.2. The molecule has 0 bridgehead atoms. The summed E-state index contributed by atoms with van der Waals surface area (Å²) in [7, 11) is 0. The van der Waals surface area contributed by atoms with Gasteiger partial charge in [-0.1, -0.05) is 36.4 Å². The summed E-state index contributed by atoms with van der Waals surface area (Å²) in [5, 5.41) is 2.73. The topological polar surface area (TPSA) is 69.7 Å². The number of nitrogens with zero attached hydrogens (tertiary/aromatic N) is 2. The number of likely N-dealkylation sites (N-methyl/N-ethyl adjacent to an activating group) is 1. The molecule has 0 radical (unpaired) electrons. The maximum Gasteiger partial charge on any atom is 0.282 e. The lowest BCUT2D eigenvalue weighted by atomic mass is 10.0. The van der Waals surface area contributed by atoms with E-state index in [1.807, 2.05) is 68.1 Å². The van der Waals surface area contributed by atoms with Gasteiger partial charge in [-0.2, -0.15) is 0 Å². The van der Waals surface area contributed by atoms with Gasteiger partial charge in [0.1, 0.15) is 5.70 Å². The molecule has 0 unspecified atom stereocenters. The van der Waals surface area contributed by atoms with Crippen LogP contribution in [0.3, 0.4) is 0 Å². The summed E-state index contributed by atoms with van der Waals surface area (Å²) in [5.74, 6) is -0.910. The Bertz CT molecular complexity index is 1290. The first-order valence-corrected chi connectivity index (χ1v) is 11.2. The van der Waals surface area contributed by atoms with Crippen LogP contribution >= 0.6 is 0 Å². The number of imide groups is 1. The van der Waals surface area contributed by atoms with Crippen LogP contribution in [-0.2, 0) is 14.4 Å². The Hall–Kier alpha value is -4.19. The first-order chi connectivity index (χ1) is 16.3. The molecule has 172 valence electrons. The molecule has 4 rings (SSSR count). The highest BCUT2D eigenvalue weighted by molar-refractivity contribution is 6.46. The van der Waals surface area contributed by atoms with E-state index in [0.717, 1.165) is 16.8 Å². The van der Waals surface area contributed by atoms with Crippen LogP contribution in [0.5, 0.6) is 0 Å². The molecule has 6 nitrogen and oxygen atoms in total. The van der Waals surface area contributed by atoms with Crippen molar-refractivity contribution >= 4 is 40.4 Å². The molecule has 1 N–H and O–H groups in total. The van der Waals surface area contributed by atoms with Crippen LogP contribution in [0.4, 0.5) is 17.1 Å². The molecule has 3 aromatic rings. The van der Waals surface area contributed by atoms with Gasteiger partial charge in [0.2, 0.25) is 5.91 Å². The van der Waals surface area contributed by atoms with Crippen molar-refractivity contribution in [3.05, 3.63) is 95.2 Å². The van der Waals surface area contributed by atoms with Gasteiger partial charge in [0.05, 0.1) is 11.3 Å². The highest BCUT2D eigenvalue weighted by Crippen LogP contribution is 2.37. The monoisotopic (exact) mass is 453 g/mol. The molecule has 3 amide bonds. The number of aryl methyl sites for hydroxylation is 2. The maximum absolute atomic E-state index is 13.8. The van der Waals surface area contributed by atoms with E-state index in [2.05, 4.69) is 5.32 Å². The first kappa shape index (κ1) is 23.0. The fourth-order valence-corrected chi connectivity index (χ4v) is 4.13. The second-order valence-corrected chi connectivity index (χ2v) is 8.28. The molecule has 34 heavy (non-hydrogen) atoms. The molecule has 0 aromatic heterocycles. The van der Waals surface area contributed by atoms with E-state index < -0.39 is 0 Å². The standard InChI is InChI=1S/C28H27N3O3/c1-5-30(23-9-7-6-8-10-23)26-25(21-12-14-22(15-13-21)29-20(4)32)27(33)31(28(26)34)24-16-11-18(2)19(3)17-24/h6-17H,5H2,1-4H3,(H,29,32). The Kier molecular flexibility index (Phi) is 6.32. The van der Waals surface area contributed by atoms with Gasteiger partial charge in [0.15, 0.2) is 0 Å². The summed E-state index contributed by atoms with van der Waals surface area (Å²) in [6, 6.07) is 22.1. The van der Waals surface area contributed by atoms with Crippen molar-refractivity contribution in [2.24, 2.45) is 0 Å². The predicted molar refractivity (Wildman–Crippen MR) is 136 cm³/mol. The molecule has 0 aliphatic carbocycles. The Balaban J connectivity index is 1.87. The summed E-state index contributed by atoms with van der Waals surface area (Å²) in [6.45, 7) is 7.85. The first-order valence-electron chi connectivity index (χ1n) is 11.2. The van der Waals surface area contributed by atoms with Crippen molar-refractivity contribution in [1.29, 1.82) is 0 Å². The number of rotatable bonds is 6. The van der Waals surface area contributed by atoms with Gasteiger partial charge in [-0.25, -0.2) is 4.90 Å². The van der Waals surface area contributed by atoms with Gasteiger partial charge in [-0.15, -0.1) is 0 Å². The van der Waals surface area contributed by atoms with Crippen LogP contribution in [0.15, 0.2) is 78.5 Å². The summed E-state index contributed by atoms with van der Waals surface area (Å²) >= 11 is 0. The van der Waals surface area contributed by atoms with E-state index in [0.29, 0.717) is 34.8 Å². The van der Waals surface area contributed by atoms with Gasteiger partial charge in [-0.05, 0) is 73.9 Å². The lowest BCUT2D eigenvalue weighted by Crippen LogP contribution is -2.35. The number of hydrogen-bond donors (Lipinski definition) is 1. The number of amides is 3. The normalized spacial score (nSPS) is 13.5. The van der Waals surface area contributed by atoms with E-state index in [9.17, 15) is 14.4 Å². The number of anilines is 3. The lowest BCUT2D eigenvalue weighted by molar-refractivity contribution is -0.120. The molecular formula is C28H27N3O3. The van der Waals surface area contributed by atoms with E-state index >= 15 is 0 Å². The van der Waals surface area contributed by atoms with E-state index in [1.165, 1.54) is 11.8 Å². The van der Waals surface area contributed by atoms with Crippen LogP contribution in [0.25, 0.3) is 5.57 Å². The van der Waals surface area contributed by atoms with E-state index in [4.69, 9.17) is 0 Å². The number of carbonyl (C=O) groups is 3. The minimum absolute atomic E-state index is 0.179. The van der Waals surface area contributed by atoms with Gasteiger partial charge < -0.3 is 10.2 Å². The third kappa shape index (κ3) is 4.22. The van der Waals surface area contributed by atoms with Crippen LogP contribution < -0.4 is 15.1 Å². The number of para-hydroxylation sites is 1. The fraction of sp³-hybridized carbons (Fsp3) is 0.179. The molecule has 0 saturated carbocycles. The quantitative estimate of drug-likeness (QED) is 0.529. The molecule has 1 heterocycles. The van der Waals surface area contributed by atoms with Crippen LogP contribution in [0.2, 0.25) is 0 Å². The fourth-order valence-electron chi connectivity index (χ4n) is 4.13. The predicted octanol–water partition coefficient (Wildman–Crippen LogP) is 5.07. The minimum atomic E-state index is -0.370. The summed E-state index contributed by atoms with van der Waals surface area (Å²) in [5.41, 5.74) is 5.37. The smallest absolute Gasteiger partial charge is 0.282 e. The number of carbonyl (C=O) groups excluding carboxylic acids is 3. The maximum atomic E-state index is 13.8.